The smallest absolute Gasteiger partial charge is 0.267 e. The first-order chi connectivity index (χ1) is 13.0. The van der Waals surface area contributed by atoms with E-state index in [2.05, 4.69) is 27.4 Å². The molecule has 3 aliphatic rings. The molecule has 0 spiro atoms. The van der Waals surface area contributed by atoms with Crippen LogP contribution in [0.15, 0.2) is 36.4 Å². The first kappa shape index (κ1) is 17.8. The van der Waals surface area contributed by atoms with E-state index in [1.807, 2.05) is 36.4 Å². The van der Waals surface area contributed by atoms with Crippen molar-refractivity contribution in [3.05, 3.63) is 42.1 Å². The van der Waals surface area contributed by atoms with Gasteiger partial charge in [-0.05, 0) is 68.6 Å². The fraction of sp³-hybridized carbons (Fsp3) is 0.429. The van der Waals surface area contributed by atoms with E-state index >= 15 is 0 Å². The van der Waals surface area contributed by atoms with Crippen molar-refractivity contribution in [2.45, 2.75) is 38.8 Å². The van der Waals surface area contributed by atoms with Gasteiger partial charge in [-0.2, -0.15) is 0 Å². The predicted octanol–water partition coefficient (Wildman–Crippen LogP) is 2.85. The van der Waals surface area contributed by atoms with Crippen molar-refractivity contribution in [1.29, 1.82) is 0 Å². The monoisotopic (exact) mass is 366 g/mol. The lowest BCUT2D eigenvalue weighted by atomic mass is 9.79. The van der Waals surface area contributed by atoms with Crippen LogP contribution < -0.4 is 10.6 Å². The van der Waals surface area contributed by atoms with Crippen molar-refractivity contribution in [1.82, 2.24) is 15.2 Å². The second-order valence-electron chi connectivity index (χ2n) is 7.66. The SMILES string of the molecule is CC(=O)Nc1ccc(-c2ccc(C(=O)N[C@@H]3C4CCN(CC4)[C@@H]3C)[nH]2)cc1. The summed E-state index contributed by atoms with van der Waals surface area (Å²) in [6.45, 7) is 6.01. The number of piperidine rings is 3. The molecule has 3 saturated heterocycles. The summed E-state index contributed by atoms with van der Waals surface area (Å²) in [4.78, 5) is 29.6. The van der Waals surface area contributed by atoms with Crippen LogP contribution in [0.4, 0.5) is 5.69 Å². The number of nitrogens with one attached hydrogen (secondary N) is 3. The molecule has 1 aromatic heterocycles. The van der Waals surface area contributed by atoms with E-state index in [0.29, 0.717) is 17.7 Å². The molecule has 1 aromatic carbocycles. The van der Waals surface area contributed by atoms with Crippen molar-refractivity contribution >= 4 is 17.5 Å². The molecule has 27 heavy (non-hydrogen) atoms. The molecular formula is C21H26N4O2. The molecule has 6 nitrogen and oxygen atoms in total. The average Bonchev–Trinajstić information content (AvgIpc) is 3.15. The lowest BCUT2D eigenvalue weighted by Crippen LogP contribution is -2.62. The third kappa shape index (κ3) is 3.62. The fourth-order valence-corrected chi connectivity index (χ4v) is 4.41. The van der Waals surface area contributed by atoms with Crippen LogP contribution in [0.25, 0.3) is 11.3 Å². The molecule has 0 aliphatic carbocycles. The predicted molar refractivity (Wildman–Crippen MR) is 106 cm³/mol. The Labute approximate surface area is 159 Å². The number of carbonyl (C=O) groups is 2. The van der Waals surface area contributed by atoms with Gasteiger partial charge in [0, 0.05) is 30.4 Å². The molecule has 3 aliphatic heterocycles. The Morgan fingerprint density at radius 1 is 1.07 bits per heavy atom. The zero-order chi connectivity index (χ0) is 19.0. The molecule has 0 radical (unpaired) electrons. The number of nitrogens with zero attached hydrogens (tertiary/aromatic N) is 1. The average molecular weight is 366 g/mol. The number of rotatable bonds is 4. The van der Waals surface area contributed by atoms with Crippen LogP contribution in [-0.2, 0) is 4.79 Å². The highest BCUT2D eigenvalue weighted by molar-refractivity contribution is 5.94. The number of H-pyrrole nitrogens is 1. The molecule has 3 N–H and O–H groups in total. The molecule has 5 rings (SSSR count). The number of anilines is 1. The van der Waals surface area contributed by atoms with E-state index in [0.717, 1.165) is 30.0 Å². The number of carbonyl (C=O) groups excluding carboxylic acids is 2. The van der Waals surface area contributed by atoms with Crippen LogP contribution in [0, 0.1) is 5.92 Å². The number of amides is 2. The lowest BCUT2D eigenvalue weighted by Gasteiger charge is -2.49. The summed E-state index contributed by atoms with van der Waals surface area (Å²) in [5.74, 6) is 0.454. The first-order valence-electron chi connectivity index (χ1n) is 9.63. The van der Waals surface area contributed by atoms with Gasteiger partial charge < -0.3 is 15.6 Å². The van der Waals surface area contributed by atoms with E-state index in [-0.39, 0.29) is 17.9 Å². The van der Waals surface area contributed by atoms with Gasteiger partial charge in [0.05, 0.1) is 0 Å². The summed E-state index contributed by atoms with van der Waals surface area (Å²) < 4.78 is 0. The molecule has 6 heteroatoms. The van der Waals surface area contributed by atoms with Crippen molar-refractivity contribution in [3.8, 4) is 11.3 Å². The van der Waals surface area contributed by atoms with E-state index in [1.165, 1.54) is 19.8 Å². The van der Waals surface area contributed by atoms with Crippen molar-refractivity contribution < 1.29 is 9.59 Å². The van der Waals surface area contributed by atoms with Crippen LogP contribution in [0.5, 0.6) is 0 Å². The van der Waals surface area contributed by atoms with E-state index in [1.54, 1.807) is 0 Å². The van der Waals surface area contributed by atoms with Crippen LogP contribution in [0.3, 0.4) is 0 Å². The summed E-state index contributed by atoms with van der Waals surface area (Å²) >= 11 is 0. The molecular weight excluding hydrogens is 340 g/mol. The number of fused-ring (bicyclic) bond motifs is 3. The Morgan fingerprint density at radius 2 is 1.78 bits per heavy atom. The summed E-state index contributed by atoms with van der Waals surface area (Å²) in [7, 11) is 0. The largest absolute Gasteiger partial charge is 0.351 e. The van der Waals surface area contributed by atoms with Gasteiger partial charge in [-0.25, -0.2) is 0 Å². The number of benzene rings is 1. The van der Waals surface area contributed by atoms with Crippen LogP contribution in [0.2, 0.25) is 0 Å². The third-order valence-electron chi connectivity index (χ3n) is 5.92. The van der Waals surface area contributed by atoms with E-state index < -0.39 is 0 Å². The quantitative estimate of drug-likeness (QED) is 0.779. The zero-order valence-electron chi connectivity index (χ0n) is 15.8. The number of aromatic amines is 1. The zero-order valence-corrected chi connectivity index (χ0v) is 15.8. The fourth-order valence-electron chi connectivity index (χ4n) is 4.41. The standard InChI is InChI=1S/C21H26N4O2/c1-13-20(16-9-11-25(13)12-10-16)24-21(27)19-8-7-18(23-19)15-3-5-17(6-4-15)22-14(2)26/h3-8,13,16,20,23H,9-12H2,1-2H3,(H,22,26)(H,24,27)/t13-,20+/m1/s1. The molecule has 2 amide bonds. The second kappa shape index (κ2) is 7.19. The Hall–Kier alpha value is -2.60. The van der Waals surface area contributed by atoms with Gasteiger partial charge in [0.2, 0.25) is 5.91 Å². The third-order valence-corrected chi connectivity index (χ3v) is 5.92. The van der Waals surface area contributed by atoms with Crippen LogP contribution in [0.1, 0.15) is 37.2 Å². The molecule has 142 valence electrons. The van der Waals surface area contributed by atoms with Gasteiger partial charge in [-0.15, -0.1) is 0 Å². The van der Waals surface area contributed by atoms with Gasteiger partial charge in [0.1, 0.15) is 5.69 Å². The Morgan fingerprint density at radius 3 is 2.41 bits per heavy atom. The number of aromatic nitrogens is 1. The highest BCUT2D eigenvalue weighted by Crippen LogP contribution is 2.32. The highest BCUT2D eigenvalue weighted by Gasteiger charge is 2.40. The lowest BCUT2D eigenvalue weighted by molar-refractivity contribution is -0.114. The van der Waals surface area contributed by atoms with Gasteiger partial charge in [0.25, 0.3) is 5.91 Å². The van der Waals surface area contributed by atoms with Crippen molar-refractivity contribution in [2.24, 2.45) is 5.92 Å². The minimum Gasteiger partial charge on any atom is -0.351 e. The van der Waals surface area contributed by atoms with Crippen LogP contribution in [-0.4, -0.2) is 46.9 Å². The molecule has 0 saturated carbocycles. The number of hydrogen-bond donors (Lipinski definition) is 3. The second-order valence-corrected chi connectivity index (χ2v) is 7.66. The summed E-state index contributed by atoms with van der Waals surface area (Å²) in [5.41, 5.74) is 3.20. The normalized spacial score (nSPS) is 26.6. The van der Waals surface area contributed by atoms with Gasteiger partial charge in [-0.1, -0.05) is 12.1 Å². The minimum absolute atomic E-state index is 0.0401. The molecule has 2 atom stereocenters. The van der Waals surface area contributed by atoms with E-state index in [9.17, 15) is 9.59 Å². The molecule has 2 bridgehead atoms. The Bertz CT molecular complexity index is 832. The maximum atomic E-state index is 12.7. The molecule has 0 unspecified atom stereocenters. The molecule has 3 fully saturated rings. The molecule has 2 aromatic rings. The Kier molecular flexibility index (Phi) is 4.74. The van der Waals surface area contributed by atoms with Crippen molar-refractivity contribution in [2.75, 3.05) is 18.4 Å². The van der Waals surface area contributed by atoms with Gasteiger partial charge >= 0.3 is 0 Å². The summed E-state index contributed by atoms with van der Waals surface area (Å²) in [6, 6.07) is 11.9. The van der Waals surface area contributed by atoms with Gasteiger partial charge in [-0.3, -0.25) is 14.5 Å². The van der Waals surface area contributed by atoms with E-state index in [4.69, 9.17) is 0 Å². The summed E-state index contributed by atoms with van der Waals surface area (Å²) in [5, 5.41) is 6.00. The Balaban J connectivity index is 1.44. The molecule has 4 heterocycles. The maximum Gasteiger partial charge on any atom is 0.267 e. The first-order valence-corrected chi connectivity index (χ1v) is 9.63. The topological polar surface area (TPSA) is 77.2 Å². The van der Waals surface area contributed by atoms with Gasteiger partial charge in [0.15, 0.2) is 0 Å². The minimum atomic E-state index is -0.0939. The summed E-state index contributed by atoms with van der Waals surface area (Å²) in [6.07, 6.45) is 2.35. The number of hydrogen-bond acceptors (Lipinski definition) is 3. The van der Waals surface area contributed by atoms with Crippen LogP contribution >= 0.6 is 0 Å². The van der Waals surface area contributed by atoms with Crippen molar-refractivity contribution in [3.63, 3.8) is 0 Å². The highest BCUT2D eigenvalue weighted by atomic mass is 16.2. The maximum absolute atomic E-state index is 12.7.